The Bertz CT molecular complexity index is 1020. The number of aromatic nitrogens is 1. The van der Waals surface area contributed by atoms with Crippen molar-refractivity contribution in [3.63, 3.8) is 0 Å². The molecule has 0 spiro atoms. The monoisotopic (exact) mass is 432 g/mol. The third kappa shape index (κ3) is 4.14. The summed E-state index contributed by atoms with van der Waals surface area (Å²) in [5.74, 6) is -0.219. The number of fused-ring (bicyclic) bond motifs is 1. The molecule has 0 saturated heterocycles. The largest absolute Gasteiger partial charge is 0.380 e. The second-order valence-electron chi connectivity index (χ2n) is 6.06. The van der Waals surface area contributed by atoms with E-state index < -0.39 is 0 Å². The second kappa shape index (κ2) is 8.29. The minimum Gasteiger partial charge on any atom is -0.380 e. The van der Waals surface area contributed by atoms with Crippen molar-refractivity contribution in [2.45, 2.75) is 27.3 Å². The van der Waals surface area contributed by atoms with Gasteiger partial charge < -0.3 is 9.30 Å². The maximum Gasteiger partial charge on any atom is 0.279 e. The highest BCUT2D eigenvalue weighted by Crippen LogP contribution is 2.22. The summed E-state index contributed by atoms with van der Waals surface area (Å²) in [5, 5.41) is 0. The van der Waals surface area contributed by atoms with Crippen molar-refractivity contribution in [1.82, 2.24) is 4.57 Å². The van der Waals surface area contributed by atoms with Gasteiger partial charge in [0.25, 0.3) is 5.91 Å². The zero-order chi connectivity index (χ0) is 18.7. The summed E-state index contributed by atoms with van der Waals surface area (Å²) in [6, 6.07) is 11.8. The Balaban J connectivity index is 2.06. The first-order chi connectivity index (χ1) is 12.5. The number of amides is 1. The zero-order valence-electron chi connectivity index (χ0n) is 15.1. The lowest BCUT2D eigenvalue weighted by molar-refractivity contribution is 0.0996. The van der Waals surface area contributed by atoms with Crippen molar-refractivity contribution in [2.75, 3.05) is 13.2 Å². The first-order valence-electron chi connectivity index (χ1n) is 8.52. The number of carbonyl (C=O) groups is 1. The van der Waals surface area contributed by atoms with E-state index in [1.165, 1.54) is 16.9 Å². The van der Waals surface area contributed by atoms with E-state index in [0.717, 1.165) is 20.3 Å². The Morgan fingerprint density at radius 1 is 1.19 bits per heavy atom. The van der Waals surface area contributed by atoms with Crippen LogP contribution in [0.3, 0.4) is 0 Å². The van der Waals surface area contributed by atoms with Crippen LogP contribution in [-0.4, -0.2) is 23.7 Å². The molecule has 0 unspecified atom stereocenters. The van der Waals surface area contributed by atoms with E-state index in [9.17, 15) is 4.79 Å². The van der Waals surface area contributed by atoms with Crippen LogP contribution in [0.2, 0.25) is 0 Å². The molecular formula is C20H21BrN2O2S. The highest BCUT2D eigenvalue weighted by molar-refractivity contribution is 9.10. The molecule has 4 nitrogen and oxygen atoms in total. The Hall–Kier alpha value is -1.76. The standard InChI is InChI=1S/C20H21BrN2O2S/c1-4-25-10-9-23-17-8-7-16(21)12-18(17)26-20(23)22-19(24)15-6-5-13(2)14(3)11-15/h5-8,11-12H,4,9-10H2,1-3H3. The molecule has 1 amide bonds. The van der Waals surface area contributed by atoms with Crippen LogP contribution in [0.15, 0.2) is 45.9 Å². The summed E-state index contributed by atoms with van der Waals surface area (Å²) in [4.78, 5) is 17.8. The Morgan fingerprint density at radius 3 is 2.73 bits per heavy atom. The average Bonchev–Trinajstić information content (AvgIpc) is 2.94. The molecule has 0 saturated carbocycles. The van der Waals surface area contributed by atoms with E-state index in [1.807, 2.05) is 51.1 Å². The Kier molecular flexibility index (Phi) is 6.06. The predicted octanol–water partition coefficient (Wildman–Crippen LogP) is 4.86. The number of hydrogen-bond donors (Lipinski definition) is 0. The molecule has 3 aromatic rings. The third-order valence-electron chi connectivity index (χ3n) is 4.26. The van der Waals surface area contributed by atoms with Gasteiger partial charge in [-0.2, -0.15) is 4.99 Å². The van der Waals surface area contributed by atoms with Crippen LogP contribution >= 0.6 is 27.3 Å². The van der Waals surface area contributed by atoms with Crippen LogP contribution < -0.4 is 4.80 Å². The van der Waals surface area contributed by atoms with Crippen molar-refractivity contribution >= 4 is 43.4 Å². The van der Waals surface area contributed by atoms with Crippen molar-refractivity contribution < 1.29 is 9.53 Å². The summed E-state index contributed by atoms with van der Waals surface area (Å²) in [5.41, 5.74) is 3.93. The van der Waals surface area contributed by atoms with Gasteiger partial charge in [0.15, 0.2) is 4.80 Å². The summed E-state index contributed by atoms with van der Waals surface area (Å²) in [7, 11) is 0. The lowest BCUT2D eigenvalue weighted by Crippen LogP contribution is -2.19. The molecule has 3 rings (SSSR count). The molecule has 26 heavy (non-hydrogen) atoms. The number of halogens is 1. The highest BCUT2D eigenvalue weighted by Gasteiger charge is 2.10. The van der Waals surface area contributed by atoms with E-state index in [2.05, 4.69) is 31.6 Å². The zero-order valence-corrected chi connectivity index (χ0v) is 17.5. The summed E-state index contributed by atoms with van der Waals surface area (Å²) < 4.78 is 9.65. The molecule has 0 aliphatic rings. The lowest BCUT2D eigenvalue weighted by atomic mass is 10.1. The van der Waals surface area contributed by atoms with Gasteiger partial charge >= 0.3 is 0 Å². The molecule has 0 bridgehead atoms. The van der Waals surface area contributed by atoms with Crippen LogP contribution in [0.25, 0.3) is 10.2 Å². The third-order valence-corrected chi connectivity index (χ3v) is 5.79. The number of ether oxygens (including phenoxy) is 1. The SMILES string of the molecule is CCOCCn1c(=NC(=O)c2ccc(C)c(C)c2)sc2cc(Br)ccc21. The van der Waals surface area contributed by atoms with E-state index in [-0.39, 0.29) is 5.91 Å². The van der Waals surface area contributed by atoms with E-state index >= 15 is 0 Å². The summed E-state index contributed by atoms with van der Waals surface area (Å²) >= 11 is 5.02. The van der Waals surface area contributed by atoms with Crippen LogP contribution in [-0.2, 0) is 11.3 Å². The normalized spacial score (nSPS) is 12.1. The van der Waals surface area contributed by atoms with Gasteiger partial charge in [0, 0.05) is 23.2 Å². The van der Waals surface area contributed by atoms with Gasteiger partial charge in [-0.15, -0.1) is 0 Å². The average molecular weight is 433 g/mol. The van der Waals surface area contributed by atoms with Crippen LogP contribution in [0, 0.1) is 13.8 Å². The van der Waals surface area contributed by atoms with E-state index in [0.29, 0.717) is 30.1 Å². The molecule has 0 radical (unpaired) electrons. The minimum absolute atomic E-state index is 0.219. The molecule has 2 aromatic carbocycles. The molecule has 1 heterocycles. The predicted molar refractivity (Wildman–Crippen MR) is 110 cm³/mol. The Labute approximate surface area is 165 Å². The second-order valence-corrected chi connectivity index (χ2v) is 7.99. The first-order valence-corrected chi connectivity index (χ1v) is 10.1. The van der Waals surface area contributed by atoms with Gasteiger partial charge in [0.1, 0.15) is 0 Å². The summed E-state index contributed by atoms with van der Waals surface area (Å²) in [6.07, 6.45) is 0. The molecule has 1 aromatic heterocycles. The highest BCUT2D eigenvalue weighted by atomic mass is 79.9. The molecule has 136 valence electrons. The molecule has 6 heteroatoms. The number of hydrogen-bond acceptors (Lipinski definition) is 3. The maximum absolute atomic E-state index is 12.7. The fraction of sp³-hybridized carbons (Fsp3) is 0.300. The number of rotatable bonds is 5. The van der Waals surface area contributed by atoms with Gasteiger partial charge in [-0.25, -0.2) is 0 Å². The minimum atomic E-state index is -0.219. The molecule has 0 N–H and O–H groups in total. The van der Waals surface area contributed by atoms with Crippen LogP contribution in [0.4, 0.5) is 0 Å². The number of benzene rings is 2. The molecule has 0 aliphatic carbocycles. The van der Waals surface area contributed by atoms with Crippen LogP contribution in [0.1, 0.15) is 28.4 Å². The van der Waals surface area contributed by atoms with E-state index in [4.69, 9.17) is 4.74 Å². The van der Waals surface area contributed by atoms with Crippen molar-refractivity contribution in [3.8, 4) is 0 Å². The number of thiazole rings is 1. The molecule has 0 fully saturated rings. The van der Waals surface area contributed by atoms with Gasteiger partial charge in [-0.3, -0.25) is 4.79 Å². The van der Waals surface area contributed by atoms with Crippen molar-refractivity contribution in [3.05, 3.63) is 62.4 Å². The smallest absolute Gasteiger partial charge is 0.279 e. The van der Waals surface area contributed by atoms with E-state index in [1.54, 1.807) is 0 Å². The van der Waals surface area contributed by atoms with Gasteiger partial charge in [0.2, 0.25) is 0 Å². The van der Waals surface area contributed by atoms with Crippen molar-refractivity contribution in [2.24, 2.45) is 4.99 Å². The number of nitrogens with zero attached hydrogens (tertiary/aromatic N) is 2. The van der Waals surface area contributed by atoms with Gasteiger partial charge in [0.05, 0.1) is 16.8 Å². The van der Waals surface area contributed by atoms with Gasteiger partial charge in [-0.05, 0) is 62.2 Å². The topological polar surface area (TPSA) is 43.6 Å². The Morgan fingerprint density at radius 2 is 2.00 bits per heavy atom. The lowest BCUT2D eigenvalue weighted by Gasteiger charge is -2.06. The first kappa shape index (κ1) is 19.0. The fourth-order valence-electron chi connectivity index (χ4n) is 2.67. The maximum atomic E-state index is 12.7. The summed E-state index contributed by atoms with van der Waals surface area (Å²) in [6.45, 7) is 7.93. The number of aryl methyl sites for hydroxylation is 2. The fourth-order valence-corrected chi connectivity index (χ4v) is 4.28. The molecule has 0 aliphatic heterocycles. The molecular weight excluding hydrogens is 412 g/mol. The van der Waals surface area contributed by atoms with Crippen molar-refractivity contribution in [1.29, 1.82) is 0 Å². The van der Waals surface area contributed by atoms with Crippen LogP contribution in [0.5, 0.6) is 0 Å². The quantitative estimate of drug-likeness (QED) is 0.540. The number of carbonyl (C=O) groups excluding carboxylic acids is 1. The van der Waals surface area contributed by atoms with Gasteiger partial charge in [-0.1, -0.05) is 33.3 Å². The molecule has 0 atom stereocenters.